The van der Waals surface area contributed by atoms with Gasteiger partial charge in [0.05, 0.1) is 12.1 Å². The summed E-state index contributed by atoms with van der Waals surface area (Å²) in [4.78, 5) is 11.6. The van der Waals surface area contributed by atoms with Crippen molar-refractivity contribution in [1.29, 1.82) is 0 Å². The molecule has 0 unspecified atom stereocenters. The van der Waals surface area contributed by atoms with E-state index < -0.39 is 0 Å². The van der Waals surface area contributed by atoms with Gasteiger partial charge in [-0.2, -0.15) is 0 Å². The summed E-state index contributed by atoms with van der Waals surface area (Å²) < 4.78 is 2.07. The van der Waals surface area contributed by atoms with Gasteiger partial charge in [0.1, 0.15) is 0 Å². The third kappa shape index (κ3) is 3.60. The highest BCUT2D eigenvalue weighted by molar-refractivity contribution is 5.76. The molecule has 2 atom stereocenters. The minimum atomic E-state index is -0.344. The number of nitrogens with one attached hydrogen (secondary N) is 1. The van der Waals surface area contributed by atoms with Gasteiger partial charge >= 0.3 is 0 Å². The van der Waals surface area contributed by atoms with Crippen LogP contribution >= 0.6 is 0 Å². The van der Waals surface area contributed by atoms with Crippen molar-refractivity contribution in [1.82, 2.24) is 9.88 Å². The highest BCUT2D eigenvalue weighted by Gasteiger charge is 2.26. The smallest absolute Gasteiger partial charge is 0.220 e. The first-order valence-electron chi connectivity index (χ1n) is 6.34. The Morgan fingerprint density at radius 2 is 2.12 bits per heavy atom. The first kappa shape index (κ1) is 12.2. The van der Waals surface area contributed by atoms with Crippen molar-refractivity contribution in [2.45, 2.75) is 50.8 Å². The number of aliphatic hydroxyl groups is 1. The Balaban J connectivity index is 1.64. The number of amides is 1. The van der Waals surface area contributed by atoms with E-state index in [0.29, 0.717) is 6.42 Å². The normalized spacial score (nSPS) is 23.8. The number of rotatable bonds is 5. The first-order chi connectivity index (χ1) is 8.25. The molecule has 94 valence electrons. The molecule has 1 aromatic heterocycles. The summed E-state index contributed by atoms with van der Waals surface area (Å²) in [7, 11) is 0. The van der Waals surface area contributed by atoms with Gasteiger partial charge in [-0.1, -0.05) is 0 Å². The average Bonchev–Trinajstić information content (AvgIpc) is 2.92. The molecular formula is C13H20N2O2. The summed E-state index contributed by atoms with van der Waals surface area (Å²) in [5.74, 6) is 0.0584. The van der Waals surface area contributed by atoms with Gasteiger partial charge in [0, 0.05) is 25.4 Å². The van der Waals surface area contributed by atoms with Gasteiger partial charge in [-0.3, -0.25) is 4.79 Å². The van der Waals surface area contributed by atoms with Gasteiger partial charge in [-0.15, -0.1) is 0 Å². The summed E-state index contributed by atoms with van der Waals surface area (Å²) in [6, 6.07) is 3.94. The van der Waals surface area contributed by atoms with Crippen LogP contribution in [0.15, 0.2) is 24.5 Å². The van der Waals surface area contributed by atoms with Crippen molar-refractivity contribution in [3.8, 4) is 0 Å². The van der Waals surface area contributed by atoms with Crippen molar-refractivity contribution >= 4 is 5.91 Å². The number of hydrogen-bond donors (Lipinski definition) is 2. The minimum Gasteiger partial charge on any atom is -0.391 e. The van der Waals surface area contributed by atoms with Gasteiger partial charge in [0.15, 0.2) is 0 Å². The summed E-state index contributed by atoms with van der Waals surface area (Å²) >= 11 is 0. The fraction of sp³-hybridized carbons (Fsp3) is 0.615. The van der Waals surface area contributed by atoms with Gasteiger partial charge in [-0.25, -0.2) is 0 Å². The van der Waals surface area contributed by atoms with E-state index in [-0.39, 0.29) is 18.1 Å². The lowest BCUT2D eigenvalue weighted by Crippen LogP contribution is -2.39. The maximum absolute atomic E-state index is 11.6. The lowest BCUT2D eigenvalue weighted by molar-refractivity contribution is -0.122. The Kier molecular flexibility index (Phi) is 4.20. The number of aromatic nitrogens is 1. The number of aliphatic hydroxyl groups excluding tert-OH is 1. The molecule has 1 aliphatic rings. The van der Waals surface area contributed by atoms with Crippen LogP contribution in [0, 0.1) is 0 Å². The Morgan fingerprint density at radius 1 is 1.35 bits per heavy atom. The SMILES string of the molecule is O=C(CCCn1cccc1)N[C@@H]1CCC[C@@H]1O. The molecule has 0 aromatic carbocycles. The zero-order valence-electron chi connectivity index (χ0n) is 10.0. The van der Waals surface area contributed by atoms with Crippen molar-refractivity contribution in [3.05, 3.63) is 24.5 Å². The molecule has 0 aliphatic heterocycles. The van der Waals surface area contributed by atoms with Crippen LogP contribution < -0.4 is 5.32 Å². The summed E-state index contributed by atoms with van der Waals surface area (Å²) in [6.45, 7) is 0.869. The van der Waals surface area contributed by atoms with Crippen LogP contribution in [0.5, 0.6) is 0 Å². The maximum atomic E-state index is 11.6. The number of hydrogen-bond acceptors (Lipinski definition) is 2. The van der Waals surface area contributed by atoms with E-state index in [0.717, 1.165) is 32.2 Å². The third-order valence-electron chi connectivity index (χ3n) is 3.31. The Hall–Kier alpha value is -1.29. The molecule has 1 fully saturated rings. The van der Waals surface area contributed by atoms with Crippen molar-refractivity contribution < 1.29 is 9.90 Å². The van der Waals surface area contributed by atoms with Crippen molar-refractivity contribution in [2.75, 3.05) is 0 Å². The molecule has 17 heavy (non-hydrogen) atoms. The van der Waals surface area contributed by atoms with Crippen molar-refractivity contribution in [3.63, 3.8) is 0 Å². The van der Waals surface area contributed by atoms with E-state index in [1.807, 2.05) is 24.5 Å². The van der Waals surface area contributed by atoms with Crippen LogP contribution in [-0.2, 0) is 11.3 Å². The summed E-state index contributed by atoms with van der Waals surface area (Å²) in [5.41, 5.74) is 0. The first-order valence-corrected chi connectivity index (χ1v) is 6.34. The standard InChI is InChI=1S/C13H20N2O2/c16-12-6-3-5-11(12)14-13(17)7-4-10-15-8-1-2-9-15/h1-2,8-9,11-12,16H,3-7,10H2,(H,14,17)/t11-,12+/m1/s1. The van der Waals surface area contributed by atoms with Crippen molar-refractivity contribution in [2.24, 2.45) is 0 Å². The van der Waals surface area contributed by atoms with Gasteiger partial charge in [0.2, 0.25) is 5.91 Å². The molecule has 0 saturated heterocycles. The summed E-state index contributed by atoms with van der Waals surface area (Å²) in [6.07, 6.45) is 7.75. The van der Waals surface area contributed by atoms with Gasteiger partial charge < -0.3 is 15.0 Å². The monoisotopic (exact) mass is 236 g/mol. The van der Waals surface area contributed by atoms with Crippen LogP contribution in [0.3, 0.4) is 0 Å². The predicted octanol–water partition coefficient (Wildman–Crippen LogP) is 1.30. The van der Waals surface area contributed by atoms with E-state index in [9.17, 15) is 9.90 Å². The van der Waals surface area contributed by atoms with Gasteiger partial charge in [0.25, 0.3) is 0 Å². The molecule has 1 heterocycles. The molecular weight excluding hydrogens is 216 g/mol. The molecule has 1 saturated carbocycles. The number of aryl methyl sites for hydroxylation is 1. The lowest BCUT2D eigenvalue weighted by atomic mass is 10.2. The molecule has 1 amide bonds. The van der Waals surface area contributed by atoms with E-state index in [4.69, 9.17) is 0 Å². The number of carbonyl (C=O) groups excluding carboxylic acids is 1. The Morgan fingerprint density at radius 3 is 2.76 bits per heavy atom. The second-order valence-corrected chi connectivity index (χ2v) is 4.70. The summed E-state index contributed by atoms with van der Waals surface area (Å²) in [5, 5.41) is 12.5. The van der Waals surface area contributed by atoms with E-state index >= 15 is 0 Å². The molecule has 0 radical (unpaired) electrons. The molecule has 1 aliphatic carbocycles. The predicted molar refractivity (Wildman–Crippen MR) is 65.5 cm³/mol. The topological polar surface area (TPSA) is 54.3 Å². The van der Waals surface area contributed by atoms with Crippen LogP contribution in [-0.4, -0.2) is 27.7 Å². The van der Waals surface area contributed by atoms with Crippen LogP contribution in [0.25, 0.3) is 0 Å². The van der Waals surface area contributed by atoms with E-state index in [2.05, 4.69) is 9.88 Å². The maximum Gasteiger partial charge on any atom is 0.220 e. The number of carbonyl (C=O) groups is 1. The molecule has 2 N–H and O–H groups in total. The average molecular weight is 236 g/mol. The van der Waals surface area contributed by atoms with Crippen LogP contribution in [0.1, 0.15) is 32.1 Å². The molecule has 0 bridgehead atoms. The van der Waals surface area contributed by atoms with Crippen LogP contribution in [0.4, 0.5) is 0 Å². The molecule has 4 heteroatoms. The Bertz CT molecular complexity index is 348. The Labute approximate surface area is 102 Å². The number of nitrogens with zero attached hydrogens (tertiary/aromatic N) is 1. The second kappa shape index (κ2) is 5.87. The highest BCUT2D eigenvalue weighted by atomic mass is 16.3. The van der Waals surface area contributed by atoms with E-state index in [1.54, 1.807) is 0 Å². The fourth-order valence-corrected chi connectivity index (χ4v) is 2.33. The molecule has 4 nitrogen and oxygen atoms in total. The second-order valence-electron chi connectivity index (χ2n) is 4.70. The zero-order chi connectivity index (χ0) is 12.1. The molecule has 2 rings (SSSR count). The lowest BCUT2D eigenvalue weighted by Gasteiger charge is -2.16. The highest BCUT2D eigenvalue weighted by Crippen LogP contribution is 2.18. The largest absolute Gasteiger partial charge is 0.391 e. The third-order valence-corrected chi connectivity index (χ3v) is 3.31. The fourth-order valence-electron chi connectivity index (χ4n) is 2.33. The molecule has 1 aromatic rings. The van der Waals surface area contributed by atoms with E-state index in [1.165, 1.54) is 0 Å². The quantitative estimate of drug-likeness (QED) is 0.809. The molecule has 0 spiro atoms. The zero-order valence-corrected chi connectivity index (χ0v) is 10.0. The minimum absolute atomic E-state index is 0.0194. The van der Waals surface area contributed by atoms with Crippen LogP contribution in [0.2, 0.25) is 0 Å². The van der Waals surface area contributed by atoms with Gasteiger partial charge in [-0.05, 0) is 37.8 Å².